The Morgan fingerprint density at radius 3 is 2.69 bits per heavy atom. The fraction of sp³-hybridized carbons (Fsp3) is 0.273. The lowest BCUT2D eigenvalue weighted by Gasteiger charge is -2.05. The third kappa shape index (κ3) is 3.96. The smallest absolute Gasteiger partial charge is 0.341 e. The van der Waals surface area contributed by atoms with E-state index in [1.807, 2.05) is 0 Å². The molecule has 3 heterocycles. The molecule has 1 aliphatic rings. The summed E-state index contributed by atoms with van der Waals surface area (Å²) in [5.41, 5.74) is 1.33. The van der Waals surface area contributed by atoms with Crippen molar-refractivity contribution in [1.29, 1.82) is 0 Å². The Hall–Kier alpha value is -3.66. The second-order valence-electron chi connectivity index (χ2n) is 6.86. The molecule has 166 valence electrons. The van der Waals surface area contributed by atoms with Crippen LogP contribution in [0.5, 0.6) is 11.5 Å². The Labute approximate surface area is 187 Å². The maximum Gasteiger partial charge on any atom is 0.341 e. The molecule has 4 rings (SSSR count). The van der Waals surface area contributed by atoms with Gasteiger partial charge in [-0.25, -0.2) is 4.79 Å². The van der Waals surface area contributed by atoms with Crippen LogP contribution in [0.1, 0.15) is 56.3 Å². The normalized spacial score (nSPS) is 12.0. The molecule has 0 spiro atoms. The van der Waals surface area contributed by atoms with E-state index in [0.717, 1.165) is 11.3 Å². The number of carbonyl (C=O) groups is 3. The van der Waals surface area contributed by atoms with E-state index in [4.69, 9.17) is 18.7 Å². The van der Waals surface area contributed by atoms with Gasteiger partial charge in [-0.1, -0.05) is 12.1 Å². The lowest BCUT2D eigenvalue weighted by atomic mass is 10.1. The Morgan fingerprint density at radius 1 is 1.16 bits per heavy atom. The van der Waals surface area contributed by atoms with Gasteiger partial charge in [0.2, 0.25) is 6.79 Å². The minimum absolute atomic E-state index is 0.0156. The average Bonchev–Trinajstić information content (AvgIpc) is 3.51. The predicted molar refractivity (Wildman–Crippen MR) is 116 cm³/mol. The summed E-state index contributed by atoms with van der Waals surface area (Å²) < 4.78 is 21.1. The van der Waals surface area contributed by atoms with E-state index in [1.165, 1.54) is 6.07 Å². The minimum atomic E-state index is -0.604. The Kier molecular flexibility index (Phi) is 5.95. The number of Topliss-reactive ketones (excluding diaryl/α,β-unsaturated/α-hetero) is 1. The van der Waals surface area contributed by atoms with Gasteiger partial charge in [-0.2, -0.15) is 0 Å². The summed E-state index contributed by atoms with van der Waals surface area (Å²) in [4.78, 5) is 38.0. The standard InChI is InChI=1S/C22H20N2O7S/c1-4-14(25)19-11(3)18(22(27)28-5-2)21(32-19)23-20(26)13-9-16(31-24-13)12-6-7-15-17(8-12)30-10-29-15/h6-9H,4-5,10H2,1-3H3,(H,23,26). The molecule has 32 heavy (non-hydrogen) atoms. The summed E-state index contributed by atoms with van der Waals surface area (Å²) in [6.45, 7) is 5.39. The van der Waals surface area contributed by atoms with Gasteiger partial charge in [0, 0.05) is 18.1 Å². The summed E-state index contributed by atoms with van der Waals surface area (Å²) >= 11 is 1.04. The third-order valence-corrected chi connectivity index (χ3v) is 6.08. The fourth-order valence-corrected chi connectivity index (χ4v) is 4.41. The van der Waals surface area contributed by atoms with Gasteiger partial charge in [0.15, 0.2) is 28.7 Å². The first-order valence-corrected chi connectivity index (χ1v) is 10.8. The first-order valence-electron chi connectivity index (χ1n) is 9.94. The number of nitrogens with one attached hydrogen (secondary N) is 1. The lowest BCUT2D eigenvalue weighted by Crippen LogP contribution is -2.15. The van der Waals surface area contributed by atoms with Crippen molar-refractivity contribution in [3.05, 3.63) is 46.0 Å². The maximum atomic E-state index is 12.8. The van der Waals surface area contributed by atoms with Crippen LogP contribution in [-0.4, -0.2) is 36.2 Å². The molecule has 0 atom stereocenters. The number of aromatic nitrogens is 1. The van der Waals surface area contributed by atoms with Crippen LogP contribution in [0.2, 0.25) is 0 Å². The molecule has 0 bridgehead atoms. The number of carbonyl (C=O) groups excluding carboxylic acids is 3. The molecular weight excluding hydrogens is 436 g/mol. The number of ether oxygens (including phenoxy) is 3. The van der Waals surface area contributed by atoms with Crippen LogP contribution < -0.4 is 14.8 Å². The molecular formula is C22H20N2O7S. The Bertz CT molecular complexity index is 1210. The molecule has 0 fully saturated rings. The highest BCUT2D eigenvalue weighted by atomic mass is 32.1. The van der Waals surface area contributed by atoms with Crippen LogP contribution in [0.15, 0.2) is 28.8 Å². The summed E-state index contributed by atoms with van der Waals surface area (Å²) in [6.07, 6.45) is 0.277. The Balaban J connectivity index is 1.60. The van der Waals surface area contributed by atoms with E-state index < -0.39 is 11.9 Å². The summed E-state index contributed by atoms with van der Waals surface area (Å²) in [5.74, 6) is 0.263. The number of thiophene rings is 1. The number of ketones is 1. The number of hydrogen-bond donors (Lipinski definition) is 1. The number of benzene rings is 1. The predicted octanol–water partition coefficient (Wildman–Crippen LogP) is 4.46. The van der Waals surface area contributed by atoms with E-state index in [2.05, 4.69) is 10.5 Å². The van der Waals surface area contributed by atoms with Crippen LogP contribution in [0.3, 0.4) is 0 Å². The molecule has 0 saturated carbocycles. The van der Waals surface area contributed by atoms with Gasteiger partial charge in [-0.05, 0) is 37.6 Å². The highest BCUT2D eigenvalue weighted by Gasteiger charge is 2.27. The molecule has 1 amide bonds. The molecule has 0 aliphatic carbocycles. The van der Waals surface area contributed by atoms with Crippen molar-refractivity contribution in [1.82, 2.24) is 5.16 Å². The van der Waals surface area contributed by atoms with Crippen molar-refractivity contribution in [2.24, 2.45) is 0 Å². The second-order valence-corrected chi connectivity index (χ2v) is 7.88. The van der Waals surface area contributed by atoms with Gasteiger partial charge in [0.1, 0.15) is 5.00 Å². The molecule has 1 N–H and O–H groups in total. The van der Waals surface area contributed by atoms with Crippen LogP contribution in [0.4, 0.5) is 5.00 Å². The van der Waals surface area contributed by atoms with Crippen molar-refractivity contribution >= 4 is 34.0 Å². The van der Waals surface area contributed by atoms with Gasteiger partial charge in [-0.3, -0.25) is 9.59 Å². The summed E-state index contributed by atoms with van der Waals surface area (Å²) in [6, 6.07) is 6.72. The number of hydrogen-bond acceptors (Lipinski definition) is 9. The van der Waals surface area contributed by atoms with Crippen LogP contribution in [0.25, 0.3) is 11.3 Å². The average molecular weight is 456 g/mol. The fourth-order valence-electron chi connectivity index (χ4n) is 3.21. The van der Waals surface area contributed by atoms with E-state index in [0.29, 0.717) is 33.3 Å². The molecule has 1 aliphatic heterocycles. The number of rotatable bonds is 7. The topological polar surface area (TPSA) is 117 Å². The van der Waals surface area contributed by atoms with Crippen molar-refractivity contribution in [3.8, 4) is 22.8 Å². The van der Waals surface area contributed by atoms with Crippen molar-refractivity contribution in [2.75, 3.05) is 18.7 Å². The zero-order chi connectivity index (χ0) is 22.8. The van der Waals surface area contributed by atoms with Crippen molar-refractivity contribution < 1.29 is 33.1 Å². The number of esters is 1. The van der Waals surface area contributed by atoms with E-state index in [-0.39, 0.29) is 41.9 Å². The highest BCUT2D eigenvalue weighted by molar-refractivity contribution is 7.18. The van der Waals surface area contributed by atoms with Gasteiger partial charge < -0.3 is 24.1 Å². The number of anilines is 1. The van der Waals surface area contributed by atoms with Crippen molar-refractivity contribution in [3.63, 3.8) is 0 Å². The molecule has 0 radical (unpaired) electrons. The molecule has 0 unspecified atom stereocenters. The van der Waals surface area contributed by atoms with Gasteiger partial charge in [0.05, 0.1) is 17.0 Å². The zero-order valence-electron chi connectivity index (χ0n) is 17.6. The van der Waals surface area contributed by atoms with E-state index >= 15 is 0 Å². The SMILES string of the molecule is CCOC(=O)c1c(NC(=O)c2cc(-c3ccc4c(c3)OCO4)on2)sc(C(=O)CC)c1C. The molecule has 3 aromatic rings. The monoisotopic (exact) mass is 456 g/mol. The molecule has 2 aromatic heterocycles. The second kappa shape index (κ2) is 8.83. The maximum absolute atomic E-state index is 12.8. The molecule has 1 aromatic carbocycles. The van der Waals surface area contributed by atoms with Gasteiger partial charge in [-0.15, -0.1) is 11.3 Å². The largest absolute Gasteiger partial charge is 0.462 e. The van der Waals surface area contributed by atoms with Gasteiger partial charge >= 0.3 is 5.97 Å². The molecule has 0 saturated heterocycles. The highest BCUT2D eigenvalue weighted by Crippen LogP contribution is 2.37. The van der Waals surface area contributed by atoms with Crippen molar-refractivity contribution in [2.45, 2.75) is 27.2 Å². The van der Waals surface area contributed by atoms with E-state index in [1.54, 1.807) is 39.0 Å². The van der Waals surface area contributed by atoms with Gasteiger partial charge in [0.25, 0.3) is 5.91 Å². The van der Waals surface area contributed by atoms with E-state index in [9.17, 15) is 14.4 Å². The van der Waals surface area contributed by atoms with Crippen LogP contribution in [-0.2, 0) is 4.74 Å². The summed E-state index contributed by atoms with van der Waals surface area (Å²) in [5, 5.41) is 6.74. The molecule has 9 nitrogen and oxygen atoms in total. The lowest BCUT2D eigenvalue weighted by molar-refractivity contribution is 0.0527. The first-order chi connectivity index (χ1) is 15.4. The quantitative estimate of drug-likeness (QED) is 0.409. The summed E-state index contributed by atoms with van der Waals surface area (Å²) in [7, 11) is 0. The Morgan fingerprint density at radius 2 is 1.94 bits per heavy atom. The third-order valence-electron chi connectivity index (χ3n) is 4.83. The number of fused-ring (bicyclic) bond motifs is 1. The van der Waals surface area contributed by atoms with Crippen LogP contribution in [0, 0.1) is 6.92 Å². The zero-order valence-corrected chi connectivity index (χ0v) is 18.5. The molecule has 10 heteroatoms. The number of nitrogens with zero attached hydrogens (tertiary/aromatic N) is 1. The minimum Gasteiger partial charge on any atom is -0.462 e. The first kappa shape index (κ1) is 21.6. The number of amides is 1. The van der Waals surface area contributed by atoms with Crippen LogP contribution >= 0.6 is 11.3 Å².